The molecule has 0 saturated carbocycles. The number of benzene rings is 1. The van der Waals surface area contributed by atoms with E-state index in [-0.39, 0.29) is 12.0 Å². The second kappa shape index (κ2) is 5.02. The maximum absolute atomic E-state index is 6.04. The SMILES string of the molecule is CC(C)C(N)c1noc(-c2ccnc3ccccc23)n1. The third-order valence-corrected chi connectivity index (χ3v) is 3.34. The Labute approximate surface area is 116 Å². The molecule has 3 aromatic rings. The van der Waals surface area contributed by atoms with E-state index in [0.29, 0.717) is 11.7 Å². The van der Waals surface area contributed by atoms with Crippen LogP contribution in [0, 0.1) is 5.92 Å². The summed E-state index contributed by atoms with van der Waals surface area (Å²) in [5, 5.41) is 4.98. The minimum atomic E-state index is -0.222. The number of fused-ring (bicyclic) bond motifs is 1. The summed E-state index contributed by atoms with van der Waals surface area (Å²) in [5.74, 6) is 1.28. The Hall–Kier alpha value is -2.27. The number of nitrogens with zero attached hydrogens (tertiary/aromatic N) is 3. The molecule has 0 bridgehead atoms. The molecule has 1 atom stereocenters. The fourth-order valence-corrected chi connectivity index (χ4v) is 2.06. The van der Waals surface area contributed by atoms with Gasteiger partial charge in [-0.2, -0.15) is 4.98 Å². The number of pyridine rings is 1. The number of nitrogens with two attached hydrogens (primary N) is 1. The van der Waals surface area contributed by atoms with Gasteiger partial charge in [0.2, 0.25) is 0 Å². The highest BCUT2D eigenvalue weighted by Gasteiger charge is 2.19. The molecule has 0 fully saturated rings. The molecule has 0 saturated heterocycles. The van der Waals surface area contributed by atoms with Gasteiger partial charge in [0.25, 0.3) is 5.89 Å². The maximum atomic E-state index is 6.04. The highest BCUT2D eigenvalue weighted by Crippen LogP contribution is 2.27. The van der Waals surface area contributed by atoms with Crippen molar-refractivity contribution in [3.63, 3.8) is 0 Å². The van der Waals surface area contributed by atoms with E-state index in [1.54, 1.807) is 6.20 Å². The van der Waals surface area contributed by atoms with Gasteiger partial charge in [-0.1, -0.05) is 37.2 Å². The van der Waals surface area contributed by atoms with Crippen molar-refractivity contribution in [1.29, 1.82) is 0 Å². The first kappa shape index (κ1) is 12.7. The van der Waals surface area contributed by atoms with Crippen molar-refractivity contribution in [2.75, 3.05) is 0 Å². The van der Waals surface area contributed by atoms with E-state index in [1.807, 2.05) is 44.2 Å². The highest BCUT2D eigenvalue weighted by molar-refractivity contribution is 5.91. The molecule has 2 aromatic heterocycles. The quantitative estimate of drug-likeness (QED) is 0.790. The molecule has 5 nitrogen and oxygen atoms in total. The first-order chi connectivity index (χ1) is 9.66. The Bertz CT molecular complexity index is 730. The Morgan fingerprint density at radius 1 is 1.15 bits per heavy atom. The van der Waals surface area contributed by atoms with Gasteiger partial charge < -0.3 is 10.3 Å². The number of para-hydroxylation sites is 1. The van der Waals surface area contributed by atoms with E-state index < -0.39 is 0 Å². The van der Waals surface area contributed by atoms with Gasteiger partial charge in [0.1, 0.15) is 0 Å². The summed E-state index contributed by atoms with van der Waals surface area (Å²) in [6, 6.07) is 9.51. The van der Waals surface area contributed by atoms with Crippen LogP contribution in [-0.4, -0.2) is 15.1 Å². The van der Waals surface area contributed by atoms with E-state index in [9.17, 15) is 0 Å². The van der Waals surface area contributed by atoms with Gasteiger partial charge >= 0.3 is 0 Å². The Kier molecular flexibility index (Phi) is 3.20. The fourth-order valence-electron chi connectivity index (χ4n) is 2.06. The van der Waals surface area contributed by atoms with E-state index in [2.05, 4.69) is 15.1 Å². The minimum Gasteiger partial charge on any atom is -0.334 e. The Morgan fingerprint density at radius 2 is 1.95 bits per heavy atom. The number of rotatable bonds is 3. The van der Waals surface area contributed by atoms with Crippen LogP contribution >= 0.6 is 0 Å². The molecule has 0 radical (unpaired) electrons. The summed E-state index contributed by atoms with van der Waals surface area (Å²) >= 11 is 0. The average Bonchev–Trinajstić information content (AvgIpc) is 2.95. The summed E-state index contributed by atoms with van der Waals surface area (Å²) in [4.78, 5) is 8.74. The molecule has 1 unspecified atom stereocenters. The molecule has 2 heterocycles. The van der Waals surface area contributed by atoms with Crippen molar-refractivity contribution in [2.45, 2.75) is 19.9 Å². The Morgan fingerprint density at radius 3 is 2.75 bits per heavy atom. The van der Waals surface area contributed by atoms with Crippen molar-refractivity contribution in [3.8, 4) is 11.5 Å². The van der Waals surface area contributed by atoms with Crippen molar-refractivity contribution in [3.05, 3.63) is 42.4 Å². The molecule has 0 aliphatic rings. The molecule has 0 aliphatic heterocycles. The monoisotopic (exact) mass is 268 g/mol. The van der Waals surface area contributed by atoms with Crippen molar-refractivity contribution < 1.29 is 4.52 Å². The topological polar surface area (TPSA) is 77.8 Å². The van der Waals surface area contributed by atoms with Crippen molar-refractivity contribution in [2.24, 2.45) is 11.7 Å². The number of hydrogen-bond donors (Lipinski definition) is 1. The van der Waals surface area contributed by atoms with Gasteiger partial charge in [-0.05, 0) is 18.1 Å². The van der Waals surface area contributed by atoms with E-state index in [1.165, 1.54) is 0 Å². The number of aromatic nitrogens is 3. The van der Waals surface area contributed by atoms with Gasteiger partial charge in [0.05, 0.1) is 17.1 Å². The molecule has 0 amide bonds. The van der Waals surface area contributed by atoms with Crippen molar-refractivity contribution in [1.82, 2.24) is 15.1 Å². The molecular weight excluding hydrogens is 252 g/mol. The van der Waals surface area contributed by atoms with Crippen molar-refractivity contribution >= 4 is 10.9 Å². The lowest BCUT2D eigenvalue weighted by Gasteiger charge is -2.09. The van der Waals surface area contributed by atoms with Crippen LogP contribution in [0.3, 0.4) is 0 Å². The molecule has 102 valence electrons. The Balaban J connectivity index is 2.08. The number of hydrogen-bond acceptors (Lipinski definition) is 5. The molecule has 1 aromatic carbocycles. The maximum Gasteiger partial charge on any atom is 0.258 e. The molecule has 5 heteroatoms. The van der Waals surface area contributed by atoms with Gasteiger partial charge in [-0.25, -0.2) is 0 Å². The third-order valence-electron chi connectivity index (χ3n) is 3.34. The van der Waals surface area contributed by atoms with Gasteiger partial charge in [-0.15, -0.1) is 0 Å². The summed E-state index contributed by atoms with van der Waals surface area (Å²) in [5.41, 5.74) is 7.83. The zero-order chi connectivity index (χ0) is 14.1. The minimum absolute atomic E-state index is 0.222. The van der Waals surface area contributed by atoms with E-state index >= 15 is 0 Å². The van der Waals surface area contributed by atoms with Crippen LogP contribution in [0.5, 0.6) is 0 Å². The molecule has 3 rings (SSSR count). The van der Waals surface area contributed by atoms with Crippen LogP contribution in [0.15, 0.2) is 41.1 Å². The second-order valence-corrected chi connectivity index (χ2v) is 5.10. The van der Waals surface area contributed by atoms with Crippen LogP contribution in [0.2, 0.25) is 0 Å². The van der Waals surface area contributed by atoms with Crippen LogP contribution in [0.1, 0.15) is 25.7 Å². The second-order valence-electron chi connectivity index (χ2n) is 5.10. The van der Waals surface area contributed by atoms with Gasteiger partial charge in [0.15, 0.2) is 5.82 Å². The predicted octanol–water partition coefficient (Wildman–Crippen LogP) is 2.94. The fraction of sp³-hybridized carbons (Fsp3) is 0.267. The molecule has 20 heavy (non-hydrogen) atoms. The lowest BCUT2D eigenvalue weighted by Crippen LogP contribution is -2.18. The van der Waals surface area contributed by atoms with E-state index in [0.717, 1.165) is 16.5 Å². The lowest BCUT2D eigenvalue weighted by atomic mass is 10.1. The molecule has 0 aliphatic carbocycles. The zero-order valence-electron chi connectivity index (χ0n) is 11.4. The van der Waals surface area contributed by atoms with E-state index in [4.69, 9.17) is 10.3 Å². The summed E-state index contributed by atoms with van der Waals surface area (Å²) in [6.45, 7) is 4.06. The lowest BCUT2D eigenvalue weighted by molar-refractivity contribution is 0.400. The predicted molar refractivity (Wildman–Crippen MR) is 76.8 cm³/mol. The van der Waals surface area contributed by atoms with Gasteiger partial charge in [0, 0.05) is 11.6 Å². The molecule has 2 N–H and O–H groups in total. The first-order valence-electron chi connectivity index (χ1n) is 6.60. The molecular formula is C15H16N4O. The third kappa shape index (κ3) is 2.16. The van der Waals surface area contributed by atoms with Crippen LogP contribution in [0.4, 0.5) is 0 Å². The van der Waals surface area contributed by atoms with Crippen LogP contribution in [-0.2, 0) is 0 Å². The summed E-state index contributed by atoms with van der Waals surface area (Å²) in [6.07, 6.45) is 1.74. The van der Waals surface area contributed by atoms with Gasteiger partial charge in [-0.3, -0.25) is 4.98 Å². The van der Waals surface area contributed by atoms with Crippen LogP contribution < -0.4 is 5.73 Å². The zero-order valence-corrected chi connectivity index (χ0v) is 11.4. The average molecular weight is 268 g/mol. The van der Waals surface area contributed by atoms with Crippen LogP contribution in [0.25, 0.3) is 22.4 Å². The normalized spacial score (nSPS) is 13.0. The smallest absolute Gasteiger partial charge is 0.258 e. The summed E-state index contributed by atoms with van der Waals surface area (Å²) in [7, 11) is 0. The molecule has 0 spiro atoms. The largest absolute Gasteiger partial charge is 0.334 e. The summed E-state index contributed by atoms with van der Waals surface area (Å²) < 4.78 is 5.36. The standard InChI is InChI=1S/C15H16N4O/c1-9(2)13(16)14-18-15(20-19-14)11-7-8-17-12-6-4-3-5-10(11)12/h3-9,13H,16H2,1-2H3. The highest BCUT2D eigenvalue weighted by atomic mass is 16.5. The first-order valence-corrected chi connectivity index (χ1v) is 6.60.